The molecule has 0 saturated carbocycles. The van der Waals surface area contributed by atoms with Crippen molar-refractivity contribution < 1.29 is 9.84 Å². The summed E-state index contributed by atoms with van der Waals surface area (Å²) in [6, 6.07) is 0.138. The molecule has 1 unspecified atom stereocenters. The molecule has 0 spiro atoms. The van der Waals surface area contributed by atoms with Crippen molar-refractivity contribution in [2.45, 2.75) is 45.8 Å². The first kappa shape index (κ1) is 14.9. The Bertz CT molecular complexity index is 564. The van der Waals surface area contributed by atoms with Gasteiger partial charge in [0, 0.05) is 6.04 Å². The molecule has 0 aliphatic carbocycles. The first-order valence-corrected chi connectivity index (χ1v) is 7.48. The lowest BCUT2D eigenvalue weighted by Gasteiger charge is -2.16. The third-order valence-corrected chi connectivity index (χ3v) is 3.91. The van der Waals surface area contributed by atoms with Crippen molar-refractivity contribution in [3.63, 3.8) is 0 Å². The number of hydrogen-bond donors (Lipinski definition) is 1. The van der Waals surface area contributed by atoms with E-state index < -0.39 is 6.10 Å². The zero-order chi connectivity index (χ0) is 14.7. The molecule has 2 aromatic heterocycles. The van der Waals surface area contributed by atoms with Gasteiger partial charge in [-0.1, -0.05) is 17.8 Å². The molecular formula is C13H20N4O2S. The zero-order valence-corrected chi connectivity index (χ0v) is 13.0. The molecule has 2 aromatic rings. The normalized spacial score (nSPS) is 12.9. The summed E-state index contributed by atoms with van der Waals surface area (Å²) in [5.74, 6) is 0.585. The number of nitrogens with zero attached hydrogens (tertiary/aromatic N) is 4. The fourth-order valence-electron chi connectivity index (χ4n) is 2.14. The van der Waals surface area contributed by atoms with E-state index in [0.29, 0.717) is 11.4 Å². The minimum absolute atomic E-state index is 0.138. The van der Waals surface area contributed by atoms with Crippen molar-refractivity contribution in [3.05, 3.63) is 22.5 Å². The van der Waals surface area contributed by atoms with E-state index in [9.17, 15) is 5.11 Å². The third-order valence-electron chi connectivity index (χ3n) is 3.09. The summed E-state index contributed by atoms with van der Waals surface area (Å²) in [6.07, 6.45) is 2.59. The Hall–Kier alpha value is -1.47. The zero-order valence-electron chi connectivity index (χ0n) is 12.2. The quantitative estimate of drug-likeness (QED) is 0.886. The van der Waals surface area contributed by atoms with Gasteiger partial charge in [0.1, 0.15) is 11.8 Å². The molecule has 0 fully saturated rings. The monoisotopic (exact) mass is 296 g/mol. The molecule has 2 rings (SSSR count). The molecule has 7 heteroatoms. The standard InChI is InChI=1S/C13H20N4O2S/c1-5-6-9-13(20-16-15-9)12(18)11-10(19-4)7-14-17(11)8(2)3/h7-8,12,18H,5-6H2,1-4H3. The first-order valence-electron chi connectivity index (χ1n) is 6.70. The molecule has 20 heavy (non-hydrogen) atoms. The van der Waals surface area contributed by atoms with Crippen LogP contribution in [0.15, 0.2) is 6.20 Å². The summed E-state index contributed by atoms with van der Waals surface area (Å²) in [6.45, 7) is 6.11. The number of hydrogen-bond acceptors (Lipinski definition) is 6. The molecule has 0 bridgehead atoms. The molecule has 110 valence electrons. The van der Waals surface area contributed by atoms with Gasteiger partial charge in [0.2, 0.25) is 0 Å². The fraction of sp³-hybridized carbons (Fsp3) is 0.615. The number of ether oxygens (including phenoxy) is 1. The van der Waals surface area contributed by atoms with Crippen LogP contribution in [0.1, 0.15) is 55.6 Å². The molecule has 0 aliphatic rings. The number of aliphatic hydroxyl groups excluding tert-OH is 1. The minimum atomic E-state index is -0.809. The highest BCUT2D eigenvalue weighted by Crippen LogP contribution is 2.34. The molecule has 2 heterocycles. The largest absolute Gasteiger partial charge is 0.493 e. The lowest BCUT2D eigenvalue weighted by Crippen LogP contribution is -2.13. The number of aryl methyl sites for hydroxylation is 1. The third kappa shape index (κ3) is 2.69. The van der Waals surface area contributed by atoms with E-state index in [1.54, 1.807) is 18.0 Å². The smallest absolute Gasteiger partial charge is 0.163 e. The Balaban J connectivity index is 2.44. The van der Waals surface area contributed by atoms with Crippen LogP contribution in [0.5, 0.6) is 5.75 Å². The first-order chi connectivity index (χ1) is 9.60. The predicted octanol–water partition coefficient (Wildman–Crippen LogP) is 2.36. The van der Waals surface area contributed by atoms with Gasteiger partial charge in [-0.2, -0.15) is 5.10 Å². The second-order valence-electron chi connectivity index (χ2n) is 4.87. The maximum Gasteiger partial charge on any atom is 0.163 e. The van der Waals surface area contributed by atoms with Crippen LogP contribution >= 0.6 is 11.5 Å². The molecule has 0 amide bonds. The van der Waals surface area contributed by atoms with E-state index in [4.69, 9.17) is 4.74 Å². The number of methoxy groups -OCH3 is 1. The van der Waals surface area contributed by atoms with Crippen molar-refractivity contribution in [3.8, 4) is 5.75 Å². The van der Waals surface area contributed by atoms with Crippen molar-refractivity contribution >= 4 is 11.5 Å². The Morgan fingerprint density at radius 3 is 2.80 bits per heavy atom. The maximum absolute atomic E-state index is 10.7. The van der Waals surface area contributed by atoms with Crippen LogP contribution in [-0.4, -0.2) is 31.6 Å². The van der Waals surface area contributed by atoms with E-state index in [0.717, 1.165) is 23.4 Å². The van der Waals surface area contributed by atoms with Crippen molar-refractivity contribution in [1.82, 2.24) is 19.4 Å². The van der Waals surface area contributed by atoms with Gasteiger partial charge in [-0.15, -0.1) is 5.10 Å². The van der Waals surface area contributed by atoms with Crippen LogP contribution in [0.4, 0.5) is 0 Å². The summed E-state index contributed by atoms with van der Waals surface area (Å²) >= 11 is 1.23. The van der Waals surface area contributed by atoms with Gasteiger partial charge < -0.3 is 9.84 Å². The second kappa shape index (κ2) is 6.32. The molecule has 0 aromatic carbocycles. The molecule has 0 saturated heterocycles. The lowest BCUT2D eigenvalue weighted by atomic mass is 10.1. The van der Waals surface area contributed by atoms with Crippen molar-refractivity contribution in [2.24, 2.45) is 0 Å². The molecule has 1 atom stereocenters. The Labute approximate surface area is 122 Å². The highest BCUT2D eigenvalue weighted by Gasteiger charge is 2.26. The molecule has 6 nitrogen and oxygen atoms in total. The summed E-state index contributed by atoms with van der Waals surface area (Å²) in [7, 11) is 1.58. The summed E-state index contributed by atoms with van der Waals surface area (Å²) in [5.41, 5.74) is 1.51. The Morgan fingerprint density at radius 1 is 1.45 bits per heavy atom. The van der Waals surface area contributed by atoms with Crippen LogP contribution in [-0.2, 0) is 6.42 Å². The highest BCUT2D eigenvalue weighted by atomic mass is 32.1. The second-order valence-corrected chi connectivity index (χ2v) is 5.66. The highest BCUT2D eigenvalue weighted by molar-refractivity contribution is 7.05. The van der Waals surface area contributed by atoms with Crippen LogP contribution < -0.4 is 4.74 Å². The SMILES string of the molecule is CCCc1nnsc1C(O)c1c(OC)cnn1C(C)C. The van der Waals surface area contributed by atoms with Gasteiger partial charge in [0.25, 0.3) is 0 Å². The van der Waals surface area contributed by atoms with Crippen LogP contribution in [0.25, 0.3) is 0 Å². The summed E-state index contributed by atoms with van der Waals surface area (Å²) < 4.78 is 11.1. The van der Waals surface area contributed by atoms with Gasteiger partial charge in [-0.05, 0) is 31.8 Å². The minimum Gasteiger partial charge on any atom is -0.493 e. The van der Waals surface area contributed by atoms with Gasteiger partial charge in [0.05, 0.1) is 23.9 Å². The molecule has 0 radical (unpaired) electrons. The van der Waals surface area contributed by atoms with Gasteiger partial charge in [-0.3, -0.25) is 4.68 Å². The average molecular weight is 296 g/mol. The van der Waals surface area contributed by atoms with Crippen molar-refractivity contribution in [1.29, 1.82) is 0 Å². The number of aliphatic hydroxyl groups is 1. The van der Waals surface area contributed by atoms with E-state index in [1.165, 1.54) is 11.5 Å². The van der Waals surface area contributed by atoms with Crippen LogP contribution in [0.3, 0.4) is 0 Å². The Kier molecular flexibility index (Phi) is 4.72. The Morgan fingerprint density at radius 2 is 2.20 bits per heavy atom. The topological polar surface area (TPSA) is 73.1 Å². The average Bonchev–Trinajstić information content (AvgIpc) is 3.04. The van der Waals surface area contributed by atoms with Gasteiger partial charge in [0.15, 0.2) is 5.75 Å². The van der Waals surface area contributed by atoms with E-state index in [2.05, 4.69) is 21.6 Å². The summed E-state index contributed by atoms with van der Waals surface area (Å²) in [4.78, 5) is 0.771. The van der Waals surface area contributed by atoms with E-state index >= 15 is 0 Å². The molecule has 0 aliphatic heterocycles. The fourth-order valence-corrected chi connectivity index (χ4v) is 2.83. The van der Waals surface area contributed by atoms with E-state index in [1.807, 2.05) is 13.8 Å². The van der Waals surface area contributed by atoms with Crippen LogP contribution in [0.2, 0.25) is 0 Å². The molecular weight excluding hydrogens is 276 g/mol. The van der Waals surface area contributed by atoms with E-state index in [-0.39, 0.29) is 6.04 Å². The number of aromatic nitrogens is 4. The summed E-state index contributed by atoms with van der Waals surface area (Å²) in [5, 5.41) is 19.1. The maximum atomic E-state index is 10.7. The molecule has 1 N–H and O–H groups in total. The van der Waals surface area contributed by atoms with Gasteiger partial charge >= 0.3 is 0 Å². The van der Waals surface area contributed by atoms with Crippen molar-refractivity contribution in [2.75, 3.05) is 7.11 Å². The van der Waals surface area contributed by atoms with Gasteiger partial charge in [-0.25, -0.2) is 0 Å². The predicted molar refractivity (Wildman–Crippen MR) is 77.1 cm³/mol. The van der Waals surface area contributed by atoms with Crippen LogP contribution in [0, 0.1) is 0 Å². The lowest BCUT2D eigenvalue weighted by molar-refractivity contribution is 0.202. The number of rotatable bonds is 6.